The van der Waals surface area contributed by atoms with Crippen LogP contribution in [-0.2, 0) is 18.9 Å². The monoisotopic (exact) mass is 607 g/mol. The SMILES string of the molecule is CC1CCCC(OC(CN=[N+]=[N-])[C@H](CCCCNC(=O)OC(C)(C)C)NC(=O)OCC2c3ccccc3-c3ccccc32)O1. The molecule has 4 rings (SSSR count). The Balaban J connectivity index is 1.40. The fourth-order valence-electron chi connectivity index (χ4n) is 5.78. The van der Waals surface area contributed by atoms with E-state index in [0.717, 1.165) is 35.1 Å². The Kier molecular flexibility index (Phi) is 11.9. The molecule has 1 heterocycles. The smallest absolute Gasteiger partial charge is 0.407 e. The van der Waals surface area contributed by atoms with E-state index in [9.17, 15) is 9.59 Å². The highest BCUT2D eigenvalue weighted by molar-refractivity contribution is 5.79. The summed E-state index contributed by atoms with van der Waals surface area (Å²) in [5, 5.41) is 9.54. The molecule has 1 aliphatic carbocycles. The molecule has 0 radical (unpaired) electrons. The van der Waals surface area contributed by atoms with E-state index in [4.69, 9.17) is 24.5 Å². The number of benzene rings is 2. The molecule has 1 fully saturated rings. The number of azide groups is 1. The summed E-state index contributed by atoms with van der Waals surface area (Å²) in [5.74, 6) is -0.0714. The quantitative estimate of drug-likeness (QED) is 0.107. The molecule has 0 saturated carbocycles. The van der Waals surface area contributed by atoms with Gasteiger partial charge in [-0.2, -0.15) is 0 Å². The molecule has 2 aliphatic rings. The molecule has 1 saturated heterocycles. The number of nitrogens with zero attached hydrogens (tertiary/aromatic N) is 3. The fraction of sp³-hybridized carbons (Fsp3) is 0.576. The number of nitrogens with one attached hydrogen (secondary N) is 2. The number of unbranched alkanes of at least 4 members (excludes halogenated alkanes) is 1. The van der Waals surface area contributed by atoms with Crippen molar-refractivity contribution in [1.29, 1.82) is 0 Å². The summed E-state index contributed by atoms with van der Waals surface area (Å²) in [6, 6.07) is 15.8. The maximum absolute atomic E-state index is 13.3. The number of hydrogen-bond donors (Lipinski definition) is 2. The highest BCUT2D eigenvalue weighted by Crippen LogP contribution is 2.44. The minimum Gasteiger partial charge on any atom is -0.449 e. The van der Waals surface area contributed by atoms with Gasteiger partial charge in [-0.3, -0.25) is 0 Å². The number of carbonyl (C=O) groups is 2. The molecule has 1 aliphatic heterocycles. The zero-order valence-corrected chi connectivity index (χ0v) is 26.2. The lowest BCUT2D eigenvalue weighted by Gasteiger charge is -2.34. The van der Waals surface area contributed by atoms with Crippen molar-refractivity contribution in [2.75, 3.05) is 19.7 Å². The van der Waals surface area contributed by atoms with Crippen molar-refractivity contribution in [3.05, 3.63) is 70.1 Å². The molecular formula is C33H45N5O6. The highest BCUT2D eigenvalue weighted by Gasteiger charge is 2.32. The Hall–Kier alpha value is -3.79. The maximum Gasteiger partial charge on any atom is 0.407 e. The summed E-state index contributed by atoms with van der Waals surface area (Å²) >= 11 is 0. The summed E-state index contributed by atoms with van der Waals surface area (Å²) in [7, 11) is 0. The first kappa shape index (κ1) is 33.1. The van der Waals surface area contributed by atoms with Crippen molar-refractivity contribution < 1.29 is 28.5 Å². The molecule has 0 bridgehead atoms. The van der Waals surface area contributed by atoms with Crippen LogP contribution in [-0.4, -0.2) is 62.0 Å². The molecule has 238 valence electrons. The van der Waals surface area contributed by atoms with Gasteiger partial charge < -0.3 is 29.6 Å². The van der Waals surface area contributed by atoms with E-state index in [1.807, 2.05) is 52.0 Å². The van der Waals surface area contributed by atoms with Crippen molar-refractivity contribution in [1.82, 2.24) is 10.6 Å². The minimum absolute atomic E-state index is 0.0230. The van der Waals surface area contributed by atoms with Gasteiger partial charge in [-0.25, -0.2) is 9.59 Å². The standard InChI is InChI=1S/C33H45N5O6/c1-22-12-11-18-30(42-22)43-29(20-36-38-34)28(17-9-10-19-35-31(39)44-33(2,3)4)37-32(40)41-21-27-25-15-7-5-13-23(25)24-14-6-8-16-26(24)27/h5-8,13-16,22,27-30H,9-12,17-21H2,1-4H3,(H,35,39)(H,37,40)/t22?,28-,29?,30?/m0/s1. The second-order valence-electron chi connectivity index (χ2n) is 12.4. The topological polar surface area (TPSA) is 144 Å². The Morgan fingerprint density at radius 3 is 2.36 bits per heavy atom. The van der Waals surface area contributed by atoms with Gasteiger partial charge in [0, 0.05) is 17.4 Å². The van der Waals surface area contributed by atoms with Crippen LogP contribution in [0.1, 0.15) is 83.3 Å². The average molecular weight is 608 g/mol. The lowest BCUT2D eigenvalue weighted by molar-refractivity contribution is -0.213. The van der Waals surface area contributed by atoms with Crippen LogP contribution in [0.4, 0.5) is 9.59 Å². The number of rotatable bonds is 13. The average Bonchev–Trinajstić information content (AvgIpc) is 3.30. The van der Waals surface area contributed by atoms with Gasteiger partial charge in [0.25, 0.3) is 0 Å². The summed E-state index contributed by atoms with van der Waals surface area (Å²) < 4.78 is 23.4. The van der Waals surface area contributed by atoms with Crippen LogP contribution in [0.2, 0.25) is 0 Å². The first-order valence-corrected chi connectivity index (χ1v) is 15.5. The number of carbonyl (C=O) groups excluding carboxylic acids is 2. The van der Waals surface area contributed by atoms with Crippen LogP contribution in [0.25, 0.3) is 21.6 Å². The lowest BCUT2D eigenvalue weighted by atomic mass is 9.98. The Morgan fingerprint density at radius 1 is 1.05 bits per heavy atom. The van der Waals surface area contributed by atoms with Crippen LogP contribution < -0.4 is 10.6 Å². The van der Waals surface area contributed by atoms with E-state index in [-0.39, 0.29) is 25.2 Å². The van der Waals surface area contributed by atoms with Gasteiger partial charge >= 0.3 is 12.2 Å². The van der Waals surface area contributed by atoms with E-state index in [0.29, 0.717) is 32.2 Å². The third-order valence-electron chi connectivity index (χ3n) is 7.79. The first-order valence-electron chi connectivity index (χ1n) is 15.5. The second-order valence-corrected chi connectivity index (χ2v) is 12.4. The molecule has 3 unspecified atom stereocenters. The fourth-order valence-corrected chi connectivity index (χ4v) is 5.78. The van der Waals surface area contributed by atoms with E-state index in [2.05, 4.69) is 44.9 Å². The van der Waals surface area contributed by atoms with E-state index >= 15 is 0 Å². The molecule has 2 N–H and O–H groups in total. The third kappa shape index (κ3) is 9.61. The zero-order valence-electron chi connectivity index (χ0n) is 26.2. The molecule has 11 heteroatoms. The van der Waals surface area contributed by atoms with Gasteiger partial charge in [0.15, 0.2) is 6.29 Å². The molecule has 0 aromatic heterocycles. The van der Waals surface area contributed by atoms with Gasteiger partial charge in [-0.15, -0.1) is 0 Å². The van der Waals surface area contributed by atoms with Gasteiger partial charge in [0.05, 0.1) is 24.8 Å². The largest absolute Gasteiger partial charge is 0.449 e. The predicted molar refractivity (Wildman–Crippen MR) is 167 cm³/mol. The molecular weight excluding hydrogens is 562 g/mol. The zero-order chi connectivity index (χ0) is 31.5. The molecule has 44 heavy (non-hydrogen) atoms. The number of ether oxygens (including phenoxy) is 4. The number of alkyl carbamates (subject to hydrolysis) is 2. The molecule has 0 spiro atoms. The van der Waals surface area contributed by atoms with Crippen LogP contribution in [0.15, 0.2) is 53.6 Å². The normalized spacial score (nSPS) is 19.1. The molecule has 2 aromatic rings. The molecule has 2 aromatic carbocycles. The molecule has 2 amide bonds. The number of fused-ring (bicyclic) bond motifs is 3. The van der Waals surface area contributed by atoms with Crippen molar-refractivity contribution in [2.45, 2.75) is 102 Å². The van der Waals surface area contributed by atoms with E-state index < -0.39 is 36.2 Å². The Labute approximate surface area is 259 Å². The highest BCUT2D eigenvalue weighted by atomic mass is 16.7. The second kappa shape index (κ2) is 15.8. The van der Waals surface area contributed by atoms with Gasteiger partial charge in [-0.05, 0) is 94.0 Å². The lowest BCUT2D eigenvalue weighted by Crippen LogP contribution is -2.48. The van der Waals surface area contributed by atoms with Crippen molar-refractivity contribution in [3.63, 3.8) is 0 Å². The van der Waals surface area contributed by atoms with Crippen LogP contribution in [0, 0.1) is 0 Å². The summed E-state index contributed by atoms with van der Waals surface area (Å²) in [4.78, 5) is 28.2. The van der Waals surface area contributed by atoms with E-state index in [1.165, 1.54) is 0 Å². The summed E-state index contributed by atoms with van der Waals surface area (Å²) in [6.07, 6.45) is 2.36. The van der Waals surface area contributed by atoms with Crippen LogP contribution in [0.3, 0.4) is 0 Å². The molecule has 11 nitrogen and oxygen atoms in total. The third-order valence-corrected chi connectivity index (χ3v) is 7.79. The maximum atomic E-state index is 13.3. The van der Waals surface area contributed by atoms with Gasteiger partial charge in [-0.1, -0.05) is 53.6 Å². The Bertz CT molecular complexity index is 1260. The van der Waals surface area contributed by atoms with Crippen molar-refractivity contribution in [2.24, 2.45) is 5.11 Å². The molecule has 4 atom stereocenters. The minimum atomic E-state index is -0.625. The van der Waals surface area contributed by atoms with Crippen molar-refractivity contribution >= 4 is 12.2 Å². The summed E-state index contributed by atoms with van der Waals surface area (Å²) in [6.45, 7) is 8.05. The van der Waals surface area contributed by atoms with Crippen LogP contribution >= 0.6 is 0 Å². The summed E-state index contributed by atoms with van der Waals surface area (Å²) in [5.41, 5.74) is 13.1. The van der Waals surface area contributed by atoms with Crippen LogP contribution in [0.5, 0.6) is 0 Å². The predicted octanol–water partition coefficient (Wildman–Crippen LogP) is 7.20. The number of hydrogen-bond acceptors (Lipinski definition) is 7. The Morgan fingerprint density at radius 2 is 1.73 bits per heavy atom. The van der Waals surface area contributed by atoms with E-state index in [1.54, 1.807) is 0 Å². The number of amides is 2. The van der Waals surface area contributed by atoms with Crippen molar-refractivity contribution in [3.8, 4) is 11.1 Å². The van der Waals surface area contributed by atoms with Gasteiger partial charge in [0.2, 0.25) is 0 Å². The first-order chi connectivity index (χ1) is 21.1. The van der Waals surface area contributed by atoms with Gasteiger partial charge in [0.1, 0.15) is 12.2 Å².